The van der Waals surface area contributed by atoms with Gasteiger partial charge in [0, 0.05) is 28.7 Å². The normalized spacial score (nSPS) is 10.2. The zero-order valence-corrected chi connectivity index (χ0v) is 12.4. The lowest BCUT2D eigenvalue weighted by Crippen LogP contribution is -2.13. The van der Waals surface area contributed by atoms with Crippen LogP contribution in [0.15, 0.2) is 73.1 Å². The predicted octanol–water partition coefficient (Wildman–Crippen LogP) is 4.65. The van der Waals surface area contributed by atoms with Crippen LogP contribution >= 0.6 is 11.6 Å². The van der Waals surface area contributed by atoms with Gasteiger partial charge in [0.15, 0.2) is 0 Å². The van der Waals surface area contributed by atoms with Crippen LogP contribution in [0.2, 0.25) is 5.02 Å². The van der Waals surface area contributed by atoms with Crippen LogP contribution in [-0.2, 0) is 0 Å². The molecule has 0 saturated carbocycles. The molecule has 0 atom stereocenters. The van der Waals surface area contributed by atoms with Crippen LogP contribution in [0.5, 0.6) is 0 Å². The lowest BCUT2D eigenvalue weighted by atomic mass is 10.00. The van der Waals surface area contributed by atoms with Crippen molar-refractivity contribution >= 4 is 23.2 Å². The van der Waals surface area contributed by atoms with Crippen molar-refractivity contribution in [2.75, 3.05) is 5.32 Å². The molecule has 3 nitrogen and oxygen atoms in total. The molecule has 3 aromatic rings. The van der Waals surface area contributed by atoms with Crippen molar-refractivity contribution in [3.63, 3.8) is 0 Å². The number of hydrogen-bond acceptors (Lipinski definition) is 2. The molecule has 0 fully saturated rings. The summed E-state index contributed by atoms with van der Waals surface area (Å²) in [7, 11) is 0. The number of amides is 1. The summed E-state index contributed by atoms with van der Waals surface area (Å²) in [6.45, 7) is 0. The third-order valence-corrected chi connectivity index (χ3v) is 3.48. The second-order valence-electron chi connectivity index (χ2n) is 4.75. The zero-order chi connectivity index (χ0) is 15.4. The molecule has 0 aliphatic heterocycles. The fourth-order valence-electron chi connectivity index (χ4n) is 2.23. The number of nitrogens with one attached hydrogen (secondary N) is 1. The SMILES string of the molecule is O=C(Nc1cccc(Cl)c1)c1ccccc1-c1ccncc1. The number of halogens is 1. The highest BCUT2D eigenvalue weighted by molar-refractivity contribution is 6.31. The van der Waals surface area contributed by atoms with Gasteiger partial charge < -0.3 is 5.32 Å². The van der Waals surface area contributed by atoms with E-state index >= 15 is 0 Å². The molecule has 1 N–H and O–H groups in total. The molecular formula is C18H13ClN2O. The fraction of sp³-hybridized carbons (Fsp3) is 0. The Balaban J connectivity index is 1.93. The minimum Gasteiger partial charge on any atom is -0.322 e. The molecule has 4 heteroatoms. The summed E-state index contributed by atoms with van der Waals surface area (Å²) in [6, 6.07) is 18.3. The van der Waals surface area contributed by atoms with Gasteiger partial charge in [0.05, 0.1) is 0 Å². The minimum atomic E-state index is -0.172. The highest BCUT2D eigenvalue weighted by Gasteiger charge is 2.12. The Bertz CT molecular complexity index is 803. The van der Waals surface area contributed by atoms with Crippen LogP contribution in [0.1, 0.15) is 10.4 Å². The van der Waals surface area contributed by atoms with Crippen LogP contribution in [0.4, 0.5) is 5.69 Å². The minimum absolute atomic E-state index is 0.172. The zero-order valence-electron chi connectivity index (χ0n) is 11.7. The molecule has 0 aliphatic rings. The van der Waals surface area contributed by atoms with Crippen molar-refractivity contribution in [2.45, 2.75) is 0 Å². The summed E-state index contributed by atoms with van der Waals surface area (Å²) in [5.41, 5.74) is 3.09. The highest BCUT2D eigenvalue weighted by atomic mass is 35.5. The highest BCUT2D eigenvalue weighted by Crippen LogP contribution is 2.24. The van der Waals surface area contributed by atoms with E-state index in [9.17, 15) is 4.79 Å². The molecule has 108 valence electrons. The average Bonchev–Trinajstić information content (AvgIpc) is 2.56. The number of rotatable bonds is 3. The Hall–Kier alpha value is -2.65. The maximum absolute atomic E-state index is 12.5. The quantitative estimate of drug-likeness (QED) is 0.765. The molecule has 0 saturated heterocycles. The van der Waals surface area contributed by atoms with Gasteiger partial charge >= 0.3 is 0 Å². The fourth-order valence-corrected chi connectivity index (χ4v) is 2.42. The summed E-state index contributed by atoms with van der Waals surface area (Å²) in [6.07, 6.45) is 3.42. The van der Waals surface area contributed by atoms with E-state index in [4.69, 9.17) is 11.6 Å². The van der Waals surface area contributed by atoms with Crippen molar-refractivity contribution in [1.82, 2.24) is 4.98 Å². The van der Waals surface area contributed by atoms with Gasteiger partial charge in [0.25, 0.3) is 5.91 Å². The summed E-state index contributed by atoms with van der Waals surface area (Å²) >= 11 is 5.94. The van der Waals surface area contributed by atoms with Crippen LogP contribution in [0, 0.1) is 0 Å². The van der Waals surface area contributed by atoms with E-state index < -0.39 is 0 Å². The van der Waals surface area contributed by atoms with Crippen molar-refractivity contribution in [3.8, 4) is 11.1 Å². The van der Waals surface area contributed by atoms with Gasteiger partial charge in [0.1, 0.15) is 0 Å². The van der Waals surface area contributed by atoms with Crippen molar-refractivity contribution in [2.24, 2.45) is 0 Å². The summed E-state index contributed by atoms with van der Waals surface area (Å²) in [4.78, 5) is 16.6. The number of anilines is 1. The van der Waals surface area contributed by atoms with E-state index in [1.807, 2.05) is 30.3 Å². The van der Waals surface area contributed by atoms with Gasteiger partial charge in [-0.25, -0.2) is 0 Å². The van der Waals surface area contributed by atoms with Crippen LogP contribution < -0.4 is 5.32 Å². The van der Waals surface area contributed by atoms with E-state index in [0.29, 0.717) is 16.3 Å². The van der Waals surface area contributed by atoms with Gasteiger partial charge in [-0.1, -0.05) is 35.9 Å². The van der Waals surface area contributed by atoms with E-state index in [-0.39, 0.29) is 5.91 Å². The summed E-state index contributed by atoms with van der Waals surface area (Å²) < 4.78 is 0. The molecule has 0 spiro atoms. The molecule has 2 aromatic carbocycles. The average molecular weight is 309 g/mol. The number of pyridine rings is 1. The van der Waals surface area contributed by atoms with Crippen molar-refractivity contribution in [3.05, 3.63) is 83.6 Å². The molecule has 0 aliphatic carbocycles. The summed E-state index contributed by atoms with van der Waals surface area (Å²) in [5.74, 6) is -0.172. The first-order valence-corrected chi connectivity index (χ1v) is 7.18. The number of nitrogens with zero attached hydrogens (tertiary/aromatic N) is 1. The lowest BCUT2D eigenvalue weighted by Gasteiger charge is -2.10. The number of hydrogen-bond donors (Lipinski definition) is 1. The number of aromatic nitrogens is 1. The summed E-state index contributed by atoms with van der Waals surface area (Å²) in [5, 5.41) is 3.45. The van der Waals surface area contributed by atoms with Crippen molar-refractivity contribution < 1.29 is 4.79 Å². The van der Waals surface area contributed by atoms with E-state index in [0.717, 1.165) is 11.1 Å². The number of benzene rings is 2. The van der Waals surface area contributed by atoms with Gasteiger partial charge in [-0.15, -0.1) is 0 Å². The third-order valence-electron chi connectivity index (χ3n) is 3.25. The van der Waals surface area contributed by atoms with Crippen LogP contribution in [0.25, 0.3) is 11.1 Å². The Kier molecular flexibility index (Phi) is 4.17. The lowest BCUT2D eigenvalue weighted by molar-refractivity contribution is 0.102. The predicted molar refractivity (Wildman–Crippen MR) is 89.1 cm³/mol. The molecule has 1 amide bonds. The molecule has 1 heterocycles. The van der Waals surface area contributed by atoms with Gasteiger partial charge in [-0.3, -0.25) is 9.78 Å². The first-order chi connectivity index (χ1) is 10.7. The number of carbonyl (C=O) groups excluding carboxylic acids is 1. The van der Waals surface area contributed by atoms with Crippen LogP contribution in [0.3, 0.4) is 0 Å². The van der Waals surface area contributed by atoms with E-state index in [1.54, 1.807) is 42.7 Å². The maximum atomic E-state index is 12.5. The van der Waals surface area contributed by atoms with Gasteiger partial charge in [-0.05, 0) is 47.5 Å². The molecule has 0 bridgehead atoms. The van der Waals surface area contributed by atoms with Gasteiger partial charge in [0.2, 0.25) is 0 Å². The molecule has 3 rings (SSSR count). The van der Waals surface area contributed by atoms with E-state index in [1.165, 1.54) is 0 Å². The Morgan fingerprint density at radius 1 is 0.955 bits per heavy atom. The maximum Gasteiger partial charge on any atom is 0.256 e. The first kappa shape index (κ1) is 14.3. The topological polar surface area (TPSA) is 42.0 Å². The Labute approximate surface area is 133 Å². The third kappa shape index (κ3) is 3.15. The van der Waals surface area contributed by atoms with E-state index in [2.05, 4.69) is 10.3 Å². The van der Waals surface area contributed by atoms with Crippen LogP contribution in [-0.4, -0.2) is 10.9 Å². The first-order valence-electron chi connectivity index (χ1n) is 6.80. The molecule has 22 heavy (non-hydrogen) atoms. The molecule has 1 aromatic heterocycles. The molecular weight excluding hydrogens is 296 g/mol. The second kappa shape index (κ2) is 6.41. The Morgan fingerprint density at radius 3 is 2.50 bits per heavy atom. The number of carbonyl (C=O) groups is 1. The monoisotopic (exact) mass is 308 g/mol. The largest absolute Gasteiger partial charge is 0.322 e. The second-order valence-corrected chi connectivity index (χ2v) is 5.18. The standard InChI is InChI=1S/C18H13ClN2O/c19-14-4-3-5-15(12-14)21-18(22)17-7-2-1-6-16(17)13-8-10-20-11-9-13/h1-12H,(H,21,22). The smallest absolute Gasteiger partial charge is 0.256 e. The molecule has 0 unspecified atom stereocenters. The Morgan fingerprint density at radius 2 is 1.73 bits per heavy atom. The van der Waals surface area contributed by atoms with Crippen molar-refractivity contribution in [1.29, 1.82) is 0 Å². The molecule has 0 radical (unpaired) electrons. The van der Waals surface area contributed by atoms with Gasteiger partial charge in [-0.2, -0.15) is 0 Å².